The van der Waals surface area contributed by atoms with Crippen LogP contribution in [0.2, 0.25) is 0 Å². The second-order valence-corrected chi connectivity index (χ2v) is 7.96. The summed E-state index contributed by atoms with van der Waals surface area (Å²) in [6.45, 7) is 4.36. The van der Waals surface area contributed by atoms with Crippen LogP contribution >= 0.6 is 0 Å². The molecule has 30 heavy (non-hydrogen) atoms. The zero-order valence-electron chi connectivity index (χ0n) is 17.0. The minimum absolute atomic E-state index is 0.463. The smallest absolute Gasteiger partial charge is 0.135 e. The van der Waals surface area contributed by atoms with Gasteiger partial charge in [0.2, 0.25) is 0 Å². The lowest BCUT2D eigenvalue weighted by molar-refractivity contribution is -0.0286. The number of benzene rings is 1. The van der Waals surface area contributed by atoms with Crippen LogP contribution in [0.25, 0.3) is 33.1 Å². The first-order valence-corrected chi connectivity index (χ1v) is 10.3. The number of aliphatic hydroxyl groups excluding tert-OH is 1. The number of aryl methyl sites for hydroxylation is 1. The number of rotatable bonds is 5. The van der Waals surface area contributed by atoms with E-state index in [1.54, 1.807) is 6.20 Å². The summed E-state index contributed by atoms with van der Waals surface area (Å²) in [7, 11) is 2.11. The van der Waals surface area contributed by atoms with Crippen LogP contribution in [0.3, 0.4) is 0 Å². The average molecular weight is 406 g/mol. The Morgan fingerprint density at radius 2 is 2.00 bits per heavy atom. The van der Waals surface area contributed by atoms with E-state index < -0.39 is 6.23 Å². The normalized spacial score (nSPS) is 17.1. The number of aromatic amines is 1. The molecule has 9 heteroatoms. The second kappa shape index (κ2) is 7.67. The van der Waals surface area contributed by atoms with Gasteiger partial charge in [0.05, 0.1) is 16.6 Å². The number of nitrogens with one attached hydrogen (secondary N) is 1. The van der Waals surface area contributed by atoms with Crippen molar-refractivity contribution in [3.05, 3.63) is 36.7 Å². The molecule has 1 saturated heterocycles. The molecule has 0 amide bonds. The van der Waals surface area contributed by atoms with Gasteiger partial charge in [0.1, 0.15) is 17.6 Å². The fraction of sp³-hybridized carbons (Fsp3) is 0.381. The molecule has 4 N–H and O–H groups in total. The number of piperazine rings is 1. The average Bonchev–Trinajstić information content (AvgIpc) is 3.43. The topological polar surface area (TPSA) is 112 Å². The fourth-order valence-electron chi connectivity index (χ4n) is 4.07. The Balaban J connectivity index is 1.39. The molecular weight excluding hydrogens is 380 g/mol. The Morgan fingerprint density at radius 1 is 1.17 bits per heavy atom. The molecular formula is C21H26N8O. The highest BCUT2D eigenvalue weighted by atomic mass is 16.3. The summed E-state index contributed by atoms with van der Waals surface area (Å²) >= 11 is 0. The van der Waals surface area contributed by atoms with Crippen LogP contribution in [0.4, 0.5) is 5.82 Å². The van der Waals surface area contributed by atoms with Crippen molar-refractivity contribution in [3.8, 4) is 11.3 Å². The van der Waals surface area contributed by atoms with Crippen LogP contribution in [-0.4, -0.2) is 79.3 Å². The number of hydrogen-bond acceptors (Lipinski definition) is 7. The molecule has 0 saturated carbocycles. The Hall–Kier alpha value is -3.01. The van der Waals surface area contributed by atoms with Crippen molar-refractivity contribution in [1.82, 2.24) is 34.8 Å². The predicted molar refractivity (Wildman–Crippen MR) is 117 cm³/mol. The van der Waals surface area contributed by atoms with E-state index in [0.29, 0.717) is 18.8 Å². The van der Waals surface area contributed by atoms with Crippen molar-refractivity contribution in [2.45, 2.75) is 19.2 Å². The fourth-order valence-corrected chi connectivity index (χ4v) is 4.07. The van der Waals surface area contributed by atoms with E-state index in [4.69, 9.17) is 10.8 Å². The van der Waals surface area contributed by atoms with Gasteiger partial charge in [0, 0.05) is 62.5 Å². The monoisotopic (exact) mass is 406 g/mol. The van der Waals surface area contributed by atoms with E-state index >= 15 is 0 Å². The number of H-pyrrole nitrogens is 1. The molecule has 0 bridgehead atoms. The van der Waals surface area contributed by atoms with Crippen LogP contribution in [0.1, 0.15) is 6.42 Å². The number of nitrogens with zero attached hydrogens (tertiary/aromatic N) is 6. The van der Waals surface area contributed by atoms with E-state index in [2.05, 4.69) is 32.0 Å². The number of pyridine rings is 1. The standard InChI is InChI=1S/C21H26N8O/c1-27-8-10-28(11-9-27)19(30)5-7-29-13-16-20(26-29)15-3-2-14(17-4-6-23-25-17)12-18(15)24-21(16)22/h2-4,6,12-13,19,30H,5,7-11H2,1H3,(H2,22,24)(H,23,25). The van der Waals surface area contributed by atoms with Crippen molar-refractivity contribution in [2.75, 3.05) is 39.0 Å². The van der Waals surface area contributed by atoms with Crippen LogP contribution in [-0.2, 0) is 6.54 Å². The lowest BCUT2D eigenvalue weighted by Crippen LogP contribution is -2.49. The van der Waals surface area contributed by atoms with Crippen molar-refractivity contribution in [3.63, 3.8) is 0 Å². The number of likely N-dealkylation sites (N-methyl/N-ethyl adjacent to an activating group) is 1. The van der Waals surface area contributed by atoms with Crippen molar-refractivity contribution in [2.24, 2.45) is 0 Å². The maximum atomic E-state index is 10.6. The molecule has 5 rings (SSSR count). The lowest BCUT2D eigenvalue weighted by atomic mass is 10.1. The van der Waals surface area contributed by atoms with Gasteiger partial charge >= 0.3 is 0 Å². The van der Waals surface area contributed by atoms with Crippen LogP contribution in [0.5, 0.6) is 0 Å². The van der Waals surface area contributed by atoms with Crippen molar-refractivity contribution >= 4 is 27.6 Å². The molecule has 3 aromatic heterocycles. The number of fused-ring (bicyclic) bond motifs is 3. The lowest BCUT2D eigenvalue weighted by Gasteiger charge is -2.35. The summed E-state index contributed by atoms with van der Waals surface area (Å²) < 4.78 is 1.87. The number of nitrogens with two attached hydrogens (primary N) is 1. The molecule has 1 aliphatic heterocycles. The molecule has 1 unspecified atom stereocenters. The predicted octanol–water partition coefficient (Wildman–Crippen LogP) is 1.51. The third-order valence-corrected chi connectivity index (χ3v) is 5.92. The highest BCUT2D eigenvalue weighted by Gasteiger charge is 2.20. The first-order chi connectivity index (χ1) is 14.6. The first-order valence-electron chi connectivity index (χ1n) is 10.3. The quantitative estimate of drug-likeness (QED) is 0.461. The Kier molecular flexibility index (Phi) is 4.86. The van der Waals surface area contributed by atoms with Gasteiger partial charge in [0.15, 0.2) is 0 Å². The number of anilines is 1. The third-order valence-electron chi connectivity index (χ3n) is 5.92. The summed E-state index contributed by atoms with van der Waals surface area (Å²) in [5.74, 6) is 0.463. The van der Waals surface area contributed by atoms with Gasteiger partial charge in [-0.15, -0.1) is 0 Å². The third kappa shape index (κ3) is 3.51. The minimum Gasteiger partial charge on any atom is -0.383 e. The molecule has 156 valence electrons. The van der Waals surface area contributed by atoms with Crippen molar-refractivity contribution < 1.29 is 5.11 Å². The molecule has 1 aliphatic rings. The Morgan fingerprint density at radius 3 is 2.77 bits per heavy atom. The van der Waals surface area contributed by atoms with E-state index in [1.807, 2.05) is 35.1 Å². The van der Waals surface area contributed by atoms with Gasteiger partial charge in [-0.1, -0.05) is 6.07 Å². The van der Waals surface area contributed by atoms with Crippen LogP contribution in [0, 0.1) is 0 Å². The van der Waals surface area contributed by atoms with Crippen molar-refractivity contribution in [1.29, 1.82) is 0 Å². The van der Waals surface area contributed by atoms with Crippen LogP contribution < -0.4 is 5.73 Å². The molecule has 1 atom stereocenters. The SMILES string of the molecule is CN1CCN(C(O)CCn2cc3c(N)nc4cc(-c5ccn[nH]5)ccc4c3n2)CC1. The summed E-state index contributed by atoms with van der Waals surface area (Å²) in [6, 6.07) is 7.97. The summed E-state index contributed by atoms with van der Waals surface area (Å²) in [6.07, 6.45) is 3.81. The Bertz CT molecular complexity index is 1160. The molecule has 4 heterocycles. The number of aliphatic hydroxyl groups is 1. The maximum absolute atomic E-state index is 10.6. The molecule has 1 fully saturated rings. The molecule has 0 aliphatic carbocycles. The molecule has 0 radical (unpaired) electrons. The largest absolute Gasteiger partial charge is 0.383 e. The zero-order chi connectivity index (χ0) is 20.7. The van der Waals surface area contributed by atoms with Gasteiger partial charge < -0.3 is 15.7 Å². The van der Waals surface area contributed by atoms with Gasteiger partial charge in [-0.05, 0) is 25.2 Å². The summed E-state index contributed by atoms with van der Waals surface area (Å²) in [4.78, 5) is 9.00. The van der Waals surface area contributed by atoms with E-state index in [0.717, 1.165) is 59.2 Å². The highest BCUT2D eigenvalue weighted by molar-refractivity contribution is 6.08. The van der Waals surface area contributed by atoms with Crippen LogP contribution in [0.15, 0.2) is 36.7 Å². The van der Waals surface area contributed by atoms with Gasteiger partial charge in [-0.25, -0.2) is 4.98 Å². The van der Waals surface area contributed by atoms with E-state index in [-0.39, 0.29) is 0 Å². The number of hydrogen-bond donors (Lipinski definition) is 3. The maximum Gasteiger partial charge on any atom is 0.135 e. The summed E-state index contributed by atoms with van der Waals surface area (Å²) in [5, 5.41) is 24.1. The molecule has 4 aromatic rings. The molecule has 1 aromatic carbocycles. The van der Waals surface area contributed by atoms with Gasteiger partial charge in [-0.2, -0.15) is 10.2 Å². The molecule has 0 spiro atoms. The first kappa shape index (κ1) is 19.0. The number of nitrogen functional groups attached to an aromatic ring is 1. The van der Waals surface area contributed by atoms with E-state index in [9.17, 15) is 5.11 Å². The zero-order valence-corrected chi connectivity index (χ0v) is 17.0. The van der Waals surface area contributed by atoms with Gasteiger partial charge in [0.25, 0.3) is 0 Å². The summed E-state index contributed by atoms with van der Waals surface area (Å²) in [5.41, 5.74) is 9.81. The minimum atomic E-state index is -0.463. The highest BCUT2D eigenvalue weighted by Crippen LogP contribution is 2.29. The van der Waals surface area contributed by atoms with E-state index in [1.165, 1.54) is 0 Å². The van der Waals surface area contributed by atoms with Gasteiger partial charge in [-0.3, -0.25) is 14.7 Å². The molecule has 9 nitrogen and oxygen atoms in total. The second-order valence-electron chi connectivity index (χ2n) is 7.96. The Labute approximate surface area is 174 Å². The number of aromatic nitrogens is 5.